The summed E-state index contributed by atoms with van der Waals surface area (Å²) in [5.41, 5.74) is 6.68. The van der Waals surface area contributed by atoms with E-state index in [1.54, 1.807) is 0 Å². The van der Waals surface area contributed by atoms with Gasteiger partial charge in [-0.2, -0.15) is 0 Å². The molecule has 4 heteroatoms. The molecule has 0 saturated carbocycles. The Bertz CT molecular complexity index is 1140. The highest BCUT2D eigenvalue weighted by Crippen LogP contribution is 2.44. The van der Waals surface area contributed by atoms with Gasteiger partial charge >= 0.3 is 0 Å². The van der Waals surface area contributed by atoms with Gasteiger partial charge in [0, 0.05) is 24.4 Å². The summed E-state index contributed by atoms with van der Waals surface area (Å²) in [5, 5.41) is 3.58. The van der Waals surface area contributed by atoms with Gasteiger partial charge in [0.05, 0.1) is 6.61 Å². The quantitative estimate of drug-likeness (QED) is 0.353. The van der Waals surface area contributed by atoms with Gasteiger partial charge < -0.3 is 19.5 Å². The molecule has 0 aliphatic carbocycles. The summed E-state index contributed by atoms with van der Waals surface area (Å²) < 4.78 is 19.2. The molecular formula is C32H41NO3. The van der Waals surface area contributed by atoms with Gasteiger partial charge in [-0.25, -0.2) is 0 Å². The van der Waals surface area contributed by atoms with Crippen molar-refractivity contribution in [2.45, 2.75) is 84.8 Å². The SMILES string of the molecule is CCOC1c2cc(NCc3ccc(C(C)(C)C)cc3)ccc2OC(C)(C)C1OCc1ccc(C)cc1. The predicted octanol–water partition coefficient (Wildman–Crippen LogP) is 7.74. The van der Waals surface area contributed by atoms with E-state index in [4.69, 9.17) is 14.2 Å². The molecule has 0 spiro atoms. The number of hydrogen-bond acceptors (Lipinski definition) is 4. The monoisotopic (exact) mass is 487 g/mol. The zero-order valence-electron chi connectivity index (χ0n) is 22.9. The van der Waals surface area contributed by atoms with Gasteiger partial charge in [-0.05, 0) is 68.0 Å². The Labute approximate surface area is 217 Å². The number of nitrogens with one attached hydrogen (secondary N) is 1. The first-order chi connectivity index (χ1) is 17.1. The Hall–Kier alpha value is -2.82. The van der Waals surface area contributed by atoms with E-state index in [0.29, 0.717) is 13.2 Å². The summed E-state index contributed by atoms with van der Waals surface area (Å²) >= 11 is 0. The molecule has 2 atom stereocenters. The van der Waals surface area contributed by atoms with Crippen molar-refractivity contribution in [3.8, 4) is 5.75 Å². The molecule has 192 valence electrons. The van der Waals surface area contributed by atoms with Crippen molar-refractivity contribution >= 4 is 5.69 Å². The number of fused-ring (bicyclic) bond motifs is 1. The molecule has 4 nitrogen and oxygen atoms in total. The molecule has 0 aromatic heterocycles. The molecule has 0 amide bonds. The topological polar surface area (TPSA) is 39.7 Å². The van der Waals surface area contributed by atoms with E-state index in [1.165, 1.54) is 16.7 Å². The molecular weight excluding hydrogens is 446 g/mol. The molecule has 0 saturated heterocycles. The van der Waals surface area contributed by atoms with Crippen molar-refractivity contribution in [3.05, 3.63) is 94.5 Å². The maximum atomic E-state index is 6.48. The first-order valence-corrected chi connectivity index (χ1v) is 13.0. The Kier molecular flexibility index (Phi) is 7.77. The van der Waals surface area contributed by atoms with Gasteiger partial charge in [-0.3, -0.25) is 0 Å². The van der Waals surface area contributed by atoms with Crippen LogP contribution in [0.3, 0.4) is 0 Å². The van der Waals surface area contributed by atoms with Crippen molar-refractivity contribution in [2.24, 2.45) is 0 Å². The molecule has 0 radical (unpaired) electrons. The molecule has 0 bridgehead atoms. The molecule has 1 heterocycles. The Morgan fingerprint density at radius 3 is 2.19 bits per heavy atom. The van der Waals surface area contributed by atoms with Crippen molar-refractivity contribution in [2.75, 3.05) is 11.9 Å². The zero-order chi connectivity index (χ0) is 25.9. The van der Waals surface area contributed by atoms with E-state index < -0.39 is 5.60 Å². The van der Waals surface area contributed by atoms with E-state index in [-0.39, 0.29) is 17.6 Å². The van der Waals surface area contributed by atoms with E-state index >= 15 is 0 Å². The average molecular weight is 488 g/mol. The molecule has 4 rings (SSSR count). The maximum Gasteiger partial charge on any atom is 0.132 e. The number of anilines is 1. The number of aryl methyl sites for hydroxylation is 1. The van der Waals surface area contributed by atoms with Crippen molar-refractivity contribution in [3.63, 3.8) is 0 Å². The summed E-state index contributed by atoms with van der Waals surface area (Å²) in [7, 11) is 0. The standard InChI is InChI=1S/C32H41NO3/c1-8-34-29-27-19-26(33-20-23-13-15-25(16-14-23)31(3,4)5)17-18-28(27)36-32(6,7)30(29)35-21-24-11-9-22(2)10-12-24/h9-19,29-30,33H,8,20-21H2,1-7H3. The zero-order valence-corrected chi connectivity index (χ0v) is 22.9. The lowest BCUT2D eigenvalue weighted by Crippen LogP contribution is -2.51. The average Bonchev–Trinajstić information content (AvgIpc) is 2.83. The highest BCUT2D eigenvalue weighted by Gasteiger charge is 2.45. The van der Waals surface area contributed by atoms with Gasteiger partial charge in [0.25, 0.3) is 0 Å². The second-order valence-corrected chi connectivity index (χ2v) is 11.4. The Morgan fingerprint density at radius 1 is 0.889 bits per heavy atom. The molecule has 36 heavy (non-hydrogen) atoms. The maximum absolute atomic E-state index is 6.48. The predicted molar refractivity (Wildman–Crippen MR) is 148 cm³/mol. The lowest BCUT2D eigenvalue weighted by atomic mass is 9.87. The fraction of sp³-hybridized carbons (Fsp3) is 0.438. The molecule has 0 fully saturated rings. The largest absolute Gasteiger partial charge is 0.485 e. The third-order valence-electron chi connectivity index (χ3n) is 6.86. The smallest absolute Gasteiger partial charge is 0.132 e. The second kappa shape index (κ2) is 10.7. The van der Waals surface area contributed by atoms with Gasteiger partial charge in [-0.15, -0.1) is 0 Å². The minimum Gasteiger partial charge on any atom is -0.485 e. The van der Waals surface area contributed by atoms with Gasteiger partial charge in [0.1, 0.15) is 23.6 Å². The first-order valence-electron chi connectivity index (χ1n) is 13.0. The van der Waals surface area contributed by atoms with Crippen LogP contribution in [0, 0.1) is 6.92 Å². The van der Waals surface area contributed by atoms with E-state index in [1.807, 2.05) is 13.0 Å². The van der Waals surface area contributed by atoms with E-state index in [0.717, 1.165) is 29.1 Å². The van der Waals surface area contributed by atoms with Crippen molar-refractivity contribution < 1.29 is 14.2 Å². The van der Waals surface area contributed by atoms with Crippen LogP contribution in [0.4, 0.5) is 5.69 Å². The summed E-state index contributed by atoms with van der Waals surface area (Å²) in [5.74, 6) is 0.855. The molecule has 3 aromatic rings. The molecule has 2 unspecified atom stereocenters. The third-order valence-corrected chi connectivity index (χ3v) is 6.86. The Balaban J connectivity index is 1.52. The summed E-state index contributed by atoms with van der Waals surface area (Å²) in [6.07, 6.45) is -0.460. The highest BCUT2D eigenvalue weighted by molar-refractivity contribution is 5.54. The van der Waals surface area contributed by atoms with Crippen LogP contribution in [-0.4, -0.2) is 18.3 Å². The van der Waals surface area contributed by atoms with Crippen LogP contribution < -0.4 is 10.1 Å². The number of benzene rings is 3. The fourth-order valence-corrected chi connectivity index (χ4v) is 4.68. The highest BCUT2D eigenvalue weighted by atomic mass is 16.6. The Morgan fingerprint density at radius 2 is 1.56 bits per heavy atom. The van der Waals surface area contributed by atoms with Gasteiger partial charge in [-0.1, -0.05) is 74.9 Å². The van der Waals surface area contributed by atoms with Gasteiger partial charge in [0.15, 0.2) is 0 Å². The minimum absolute atomic E-state index is 0.157. The van der Waals surface area contributed by atoms with Crippen molar-refractivity contribution in [1.82, 2.24) is 0 Å². The second-order valence-electron chi connectivity index (χ2n) is 11.4. The minimum atomic E-state index is -0.527. The molecule has 3 aromatic carbocycles. The molecule has 1 aliphatic heterocycles. The fourth-order valence-electron chi connectivity index (χ4n) is 4.68. The van der Waals surface area contributed by atoms with Crippen LogP contribution >= 0.6 is 0 Å². The summed E-state index contributed by atoms with van der Waals surface area (Å²) in [6, 6.07) is 23.6. The van der Waals surface area contributed by atoms with Gasteiger partial charge in [0.2, 0.25) is 0 Å². The number of rotatable bonds is 8. The van der Waals surface area contributed by atoms with Crippen molar-refractivity contribution in [1.29, 1.82) is 0 Å². The normalized spacial score (nSPS) is 18.9. The number of ether oxygens (including phenoxy) is 3. The molecule has 1 N–H and O–H groups in total. The van der Waals surface area contributed by atoms with Crippen LogP contribution in [0.25, 0.3) is 0 Å². The van der Waals surface area contributed by atoms with Crippen LogP contribution in [0.15, 0.2) is 66.7 Å². The van der Waals surface area contributed by atoms with Crippen LogP contribution in [0.1, 0.15) is 75.5 Å². The first kappa shape index (κ1) is 26.2. The van der Waals surface area contributed by atoms with Crippen LogP contribution in [-0.2, 0) is 28.0 Å². The molecule has 1 aliphatic rings. The van der Waals surface area contributed by atoms with Crippen LogP contribution in [0.2, 0.25) is 0 Å². The summed E-state index contributed by atoms with van der Waals surface area (Å²) in [6.45, 7) is 16.9. The van der Waals surface area contributed by atoms with E-state index in [2.05, 4.69) is 108 Å². The lowest BCUT2D eigenvalue weighted by molar-refractivity contribution is -0.165. The number of hydrogen-bond donors (Lipinski definition) is 1. The summed E-state index contributed by atoms with van der Waals surface area (Å²) in [4.78, 5) is 0. The lowest BCUT2D eigenvalue weighted by Gasteiger charge is -2.44. The van der Waals surface area contributed by atoms with Crippen LogP contribution in [0.5, 0.6) is 5.75 Å². The third kappa shape index (κ3) is 6.11. The van der Waals surface area contributed by atoms with E-state index in [9.17, 15) is 0 Å².